The Morgan fingerprint density at radius 1 is 1.19 bits per heavy atom. The molecule has 0 atom stereocenters. The lowest BCUT2D eigenvalue weighted by Crippen LogP contribution is -2.34. The minimum absolute atomic E-state index is 0.0651. The summed E-state index contributed by atoms with van der Waals surface area (Å²) in [4.78, 5) is 10.4. The van der Waals surface area contributed by atoms with Crippen LogP contribution in [-0.2, 0) is 10.0 Å². The zero-order valence-electron chi connectivity index (χ0n) is 14.1. The Hall–Kier alpha value is -2.22. The molecule has 0 bridgehead atoms. The first-order valence-electron chi connectivity index (χ1n) is 8.00. The number of rotatable bonds is 4. The highest BCUT2D eigenvalue weighted by molar-refractivity contribution is 7.89. The first-order valence-corrected chi connectivity index (χ1v) is 9.81. The van der Waals surface area contributed by atoms with Crippen molar-refractivity contribution >= 4 is 32.9 Å². The summed E-state index contributed by atoms with van der Waals surface area (Å²) in [5.41, 5.74) is 2.11. The molecule has 0 saturated carbocycles. The van der Waals surface area contributed by atoms with Crippen LogP contribution < -0.4 is 0 Å². The van der Waals surface area contributed by atoms with Crippen molar-refractivity contribution in [3.05, 3.63) is 74.8 Å². The Morgan fingerprint density at radius 3 is 2.46 bits per heavy atom. The van der Waals surface area contributed by atoms with Crippen molar-refractivity contribution in [3.8, 4) is 0 Å². The van der Waals surface area contributed by atoms with E-state index in [1.54, 1.807) is 0 Å². The molecule has 26 heavy (non-hydrogen) atoms. The molecule has 0 aromatic heterocycles. The van der Waals surface area contributed by atoms with Gasteiger partial charge in [-0.05, 0) is 30.5 Å². The molecule has 0 unspecified atom stereocenters. The molecule has 136 valence electrons. The number of halogens is 1. The molecule has 0 radical (unpaired) electrons. The predicted octanol–water partition coefficient (Wildman–Crippen LogP) is 4.03. The summed E-state index contributed by atoms with van der Waals surface area (Å²) in [6.45, 7) is 2.01. The summed E-state index contributed by atoms with van der Waals surface area (Å²) in [6, 6.07) is 12.1. The van der Waals surface area contributed by atoms with E-state index in [9.17, 15) is 18.5 Å². The number of nitro benzene ring substituents is 1. The first-order chi connectivity index (χ1) is 12.3. The molecule has 0 N–H and O–H groups in total. The van der Waals surface area contributed by atoms with Crippen LogP contribution in [0.15, 0.2) is 53.4 Å². The summed E-state index contributed by atoms with van der Waals surface area (Å²) < 4.78 is 27.1. The van der Waals surface area contributed by atoms with Crippen molar-refractivity contribution in [2.45, 2.75) is 18.2 Å². The Labute approximate surface area is 156 Å². The van der Waals surface area contributed by atoms with E-state index < -0.39 is 14.9 Å². The average Bonchev–Trinajstić information content (AvgIpc) is 2.64. The van der Waals surface area contributed by atoms with E-state index in [0.717, 1.165) is 17.2 Å². The minimum atomic E-state index is -3.86. The molecule has 3 rings (SSSR count). The lowest BCUT2D eigenvalue weighted by Gasteiger charge is -2.26. The van der Waals surface area contributed by atoms with Crippen molar-refractivity contribution < 1.29 is 13.3 Å². The van der Waals surface area contributed by atoms with Crippen LogP contribution in [0, 0.1) is 17.0 Å². The average molecular weight is 393 g/mol. The zero-order valence-corrected chi connectivity index (χ0v) is 15.6. The molecule has 6 nitrogen and oxygen atoms in total. The molecule has 0 fully saturated rings. The fraction of sp³-hybridized carbons (Fsp3) is 0.222. The van der Waals surface area contributed by atoms with E-state index in [0.29, 0.717) is 13.0 Å². The maximum Gasteiger partial charge on any atom is 0.275 e. The highest BCUT2D eigenvalue weighted by Crippen LogP contribution is 2.32. The van der Waals surface area contributed by atoms with E-state index in [1.165, 1.54) is 17.3 Å². The maximum atomic E-state index is 12.9. The van der Waals surface area contributed by atoms with Crippen LogP contribution in [0.25, 0.3) is 5.57 Å². The summed E-state index contributed by atoms with van der Waals surface area (Å²) in [7, 11) is -3.86. The number of sulfonamides is 1. The highest BCUT2D eigenvalue weighted by atomic mass is 35.5. The van der Waals surface area contributed by atoms with Crippen LogP contribution >= 0.6 is 11.6 Å². The second kappa shape index (κ2) is 7.19. The van der Waals surface area contributed by atoms with Crippen molar-refractivity contribution in [1.29, 1.82) is 0 Å². The number of hydrogen-bond acceptors (Lipinski definition) is 4. The summed E-state index contributed by atoms with van der Waals surface area (Å²) in [5, 5.41) is 11.2. The second-order valence-corrected chi connectivity index (χ2v) is 8.36. The van der Waals surface area contributed by atoms with Gasteiger partial charge in [-0.15, -0.1) is 0 Å². The molecule has 1 heterocycles. The topological polar surface area (TPSA) is 80.5 Å². The molecule has 1 aliphatic heterocycles. The van der Waals surface area contributed by atoms with Gasteiger partial charge in [0.1, 0.15) is 0 Å². The third-order valence-corrected chi connectivity index (χ3v) is 6.68. The number of nitro groups is 1. The van der Waals surface area contributed by atoms with Gasteiger partial charge in [0.25, 0.3) is 5.69 Å². The number of hydrogen-bond donors (Lipinski definition) is 0. The van der Waals surface area contributed by atoms with Gasteiger partial charge < -0.3 is 0 Å². The predicted molar refractivity (Wildman–Crippen MR) is 101 cm³/mol. The molecule has 0 amide bonds. The molecule has 0 aliphatic carbocycles. The van der Waals surface area contributed by atoms with E-state index in [4.69, 9.17) is 11.6 Å². The van der Waals surface area contributed by atoms with E-state index in [-0.39, 0.29) is 27.7 Å². The quantitative estimate of drug-likeness (QED) is 0.581. The third kappa shape index (κ3) is 3.51. The monoisotopic (exact) mass is 392 g/mol. The zero-order chi connectivity index (χ0) is 18.9. The van der Waals surface area contributed by atoms with Gasteiger partial charge in [-0.3, -0.25) is 10.1 Å². The summed E-state index contributed by atoms with van der Waals surface area (Å²) in [6.07, 6.45) is 2.45. The van der Waals surface area contributed by atoms with Crippen LogP contribution in [-0.4, -0.2) is 30.7 Å². The van der Waals surface area contributed by atoms with Gasteiger partial charge >= 0.3 is 0 Å². The molecular weight excluding hydrogens is 376 g/mol. The Morgan fingerprint density at radius 2 is 1.88 bits per heavy atom. The minimum Gasteiger partial charge on any atom is -0.258 e. The van der Waals surface area contributed by atoms with Gasteiger partial charge in [-0.2, -0.15) is 4.31 Å². The van der Waals surface area contributed by atoms with Crippen LogP contribution in [0.3, 0.4) is 0 Å². The first kappa shape index (κ1) is 18.6. The van der Waals surface area contributed by atoms with E-state index in [1.807, 2.05) is 36.4 Å². The molecular formula is C18H17ClN2O4S. The van der Waals surface area contributed by atoms with Crippen molar-refractivity contribution in [3.63, 3.8) is 0 Å². The SMILES string of the molecule is Cc1c(Cl)cc(S(=O)(=O)N2CC=C(c3ccccc3)CC2)cc1[N+](=O)[O-]. The molecule has 1 aliphatic rings. The van der Waals surface area contributed by atoms with Crippen LogP contribution in [0.1, 0.15) is 17.5 Å². The van der Waals surface area contributed by atoms with Crippen molar-refractivity contribution in [2.24, 2.45) is 0 Å². The normalized spacial score (nSPS) is 15.5. The fourth-order valence-corrected chi connectivity index (χ4v) is 4.62. The smallest absolute Gasteiger partial charge is 0.258 e. The van der Waals surface area contributed by atoms with Gasteiger partial charge in [0.05, 0.1) is 14.8 Å². The lowest BCUT2D eigenvalue weighted by molar-refractivity contribution is -0.385. The standard InChI is InChI=1S/C18H17ClN2O4S/c1-13-17(19)11-16(12-18(13)21(22)23)26(24,25)20-9-7-15(8-10-20)14-5-3-2-4-6-14/h2-7,11-12H,8-10H2,1H3. The van der Waals surface area contributed by atoms with Gasteiger partial charge in [-0.25, -0.2) is 8.42 Å². The van der Waals surface area contributed by atoms with Crippen LogP contribution in [0.2, 0.25) is 5.02 Å². The Bertz CT molecular complexity index is 988. The van der Waals surface area contributed by atoms with Crippen LogP contribution in [0.4, 0.5) is 5.69 Å². The molecule has 8 heteroatoms. The molecule has 2 aromatic carbocycles. The lowest BCUT2D eigenvalue weighted by atomic mass is 10.0. The van der Waals surface area contributed by atoms with Gasteiger partial charge in [0.15, 0.2) is 0 Å². The van der Waals surface area contributed by atoms with Crippen molar-refractivity contribution in [2.75, 3.05) is 13.1 Å². The Balaban J connectivity index is 1.91. The summed E-state index contributed by atoms with van der Waals surface area (Å²) >= 11 is 6.01. The second-order valence-electron chi connectivity index (χ2n) is 6.01. The van der Waals surface area contributed by atoms with Gasteiger partial charge in [0, 0.05) is 24.7 Å². The maximum absolute atomic E-state index is 12.9. The molecule has 0 saturated heterocycles. The third-order valence-electron chi connectivity index (χ3n) is 4.44. The fourth-order valence-electron chi connectivity index (χ4n) is 2.91. The number of nitrogens with zero attached hydrogens (tertiary/aromatic N) is 2. The van der Waals surface area contributed by atoms with E-state index in [2.05, 4.69) is 0 Å². The van der Waals surface area contributed by atoms with E-state index >= 15 is 0 Å². The Kier molecular flexibility index (Phi) is 5.13. The molecule has 2 aromatic rings. The number of benzene rings is 2. The van der Waals surface area contributed by atoms with Gasteiger partial charge in [0.2, 0.25) is 10.0 Å². The molecule has 0 spiro atoms. The largest absolute Gasteiger partial charge is 0.275 e. The highest BCUT2D eigenvalue weighted by Gasteiger charge is 2.29. The van der Waals surface area contributed by atoms with Crippen molar-refractivity contribution in [1.82, 2.24) is 4.31 Å². The van der Waals surface area contributed by atoms with Crippen LogP contribution in [0.5, 0.6) is 0 Å². The van der Waals surface area contributed by atoms with Gasteiger partial charge in [-0.1, -0.05) is 48.0 Å². The summed E-state index contributed by atoms with van der Waals surface area (Å²) in [5.74, 6) is 0.